The Kier molecular flexibility index (Phi) is 6.73. The summed E-state index contributed by atoms with van der Waals surface area (Å²) < 4.78 is 41.6. The number of urea groups is 1. The fourth-order valence-electron chi connectivity index (χ4n) is 3.38. The lowest BCUT2D eigenvalue weighted by Crippen LogP contribution is -2.47. The third-order valence-electron chi connectivity index (χ3n) is 5.02. The molecule has 2 aromatic carbocycles. The minimum absolute atomic E-state index is 0.0139. The van der Waals surface area contributed by atoms with Gasteiger partial charge in [-0.25, -0.2) is 18.0 Å². The van der Waals surface area contributed by atoms with Crippen molar-refractivity contribution in [3.05, 3.63) is 64.9 Å². The number of carbonyl (C=O) groups excluding carboxylic acids is 2. The molecule has 10 heteroatoms. The fraction of sp³-hybridized carbons (Fsp3) is 0.273. The minimum Gasteiger partial charge on any atom is -0.493 e. The molecule has 0 radical (unpaired) electrons. The first-order chi connectivity index (χ1) is 15.2. The van der Waals surface area contributed by atoms with Crippen LogP contribution in [0.4, 0.5) is 4.79 Å². The molecule has 0 fully saturated rings. The number of nitrogens with one attached hydrogen (secondary N) is 2. The molecule has 170 valence electrons. The monoisotopic (exact) mass is 460 g/mol. The predicted octanol–water partition coefficient (Wildman–Crippen LogP) is 2.27. The van der Waals surface area contributed by atoms with E-state index in [4.69, 9.17) is 14.2 Å². The van der Waals surface area contributed by atoms with E-state index in [1.54, 1.807) is 12.1 Å². The molecule has 0 aliphatic carbocycles. The van der Waals surface area contributed by atoms with E-state index in [1.807, 2.05) is 19.1 Å². The summed E-state index contributed by atoms with van der Waals surface area (Å²) in [6.07, 6.45) is 0. The molecule has 0 aromatic heterocycles. The van der Waals surface area contributed by atoms with Gasteiger partial charge in [0.2, 0.25) is 0 Å². The van der Waals surface area contributed by atoms with Crippen molar-refractivity contribution in [1.82, 2.24) is 10.6 Å². The molecule has 1 heterocycles. The van der Waals surface area contributed by atoms with Crippen LogP contribution < -0.4 is 20.1 Å². The fourth-order valence-corrected chi connectivity index (χ4v) is 4.71. The Labute approximate surface area is 186 Å². The Hall–Kier alpha value is -3.53. The molecule has 0 saturated carbocycles. The van der Waals surface area contributed by atoms with Crippen LogP contribution in [0.5, 0.6) is 11.5 Å². The van der Waals surface area contributed by atoms with Crippen LogP contribution >= 0.6 is 0 Å². The molecular weight excluding hydrogens is 436 g/mol. The maximum atomic E-state index is 13.2. The van der Waals surface area contributed by atoms with Crippen LogP contribution in [0.15, 0.2) is 58.6 Å². The normalized spacial score (nSPS) is 16.1. The summed E-state index contributed by atoms with van der Waals surface area (Å²) >= 11 is 0. The van der Waals surface area contributed by atoms with Crippen molar-refractivity contribution in [3.8, 4) is 11.5 Å². The Morgan fingerprint density at radius 3 is 2.25 bits per heavy atom. The van der Waals surface area contributed by atoms with E-state index >= 15 is 0 Å². The molecule has 0 unspecified atom stereocenters. The van der Waals surface area contributed by atoms with Crippen LogP contribution in [0.2, 0.25) is 0 Å². The van der Waals surface area contributed by atoms with Gasteiger partial charge in [-0.3, -0.25) is 0 Å². The zero-order valence-electron chi connectivity index (χ0n) is 18.1. The van der Waals surface area contributed by atoms with Gasteiger partial charge in [-0.05, 0) is 24.6 Å². The number of ether oxygens (including phenoxy) is 3. The average Bonchev–Trinajstić information content (AvgIpc) is 2.77. The van der Waals surface area contributed by atoms with Crippen molar-refractivity contribution in [2.75, 3.05) is 27.1 Å². The van der Waals surface area contributed by atoms with Crippen LogP contribution in [0.25, 0.3) is 0 Å². The smallest absolute Gasteiger partial charge is 0.338 e. The summed E-state index contributed by atoms with van der Waals surface area (Å²) in [5.74, 6) is -0.762. The van der Waals surface area contributed by atoms with Gasteiger partial charge in [0.1, 0.15) is 0 Å². The van der Waals surface area contributed by atoms with E-state index in [1.165, 1.54) is 39.5 Å². The largest absolute Gasteiger partial charge is 0.493 e. The number of rotatable bonds is 7. The first-order valence-electron chi connectivity index (χ1n) is 9.60. The van der Waals surface area contributed by atoms with Crippen LogP contribution in [0, 0.1) is 6.92 Å². The third kappa shape index (κ3) is 4.70. The van der Waals surface area contributed by atoms with E-state index in [9.17, 15) is 18.0 Å². The molecule has 0 bridgehead atoms. The summed E-state index contributed by atoms with van der Waals surface area (Å²) in [5, 5.41) is 5.13. The van der Waals surface area contributed by atoms with Crippen molar-refractivity contribution in [2.45, 2.75) is 17.9 Å². The second kappa shape index (κ2) is 9.31. The Bertz CT molecular complexity index is 1170. The average molecular weight is 461 g/mol. The lowest BCUT2D eigenvalue weighted by Gasteiger charge is -2.29. The maximum Gasteiger partial charge on any atom is 0.338 e. The van der Waals surface area contributed by atoms with Gasteiger partial charge in [-0.15, -0.1) is 0 Å². The minimum atomic E-state index is -3.97. The van der Waals surface area contributed by atoms with Gasteiger partial charge in [0, 0.05) is 11.8 Å². The first kappa shape index (κ1) is 23.1. The number of amides is 2. The summed E-state index contributed by atoms with van der Waals surface area (Å²) in [6.45, 7) is 1.91. The molecular formula is C22H24N2O7S. The van der Waals surface area contributed by atoms with Crippen molar-refractivity contribution >= 4 is 21.8 Å². The van der Waals surface area contributed by atoms with Crippen molar-refractivity contribution < 1.29 is 32.2 Å². The molecule has 2 amide bonds. The number of aryl methyl sites for hydroxylation is 1. The highest BCUT2D eigenvalue weighted by molar-refractivity contribution is 7.91. The molecule has 2 N–H and O–H groups in total. The Balaban J connectivity index is 2.08. The number of methoxy groups -OCH3 is 3. The number of benzene rings is 2. The number of hydrogen-bond acceptors (Lipinski definition) is 7. The number of esters is 1. The first-order valence-corrected chi connectivity index (χ1v) is 11.3. The molecule has 32 heavy (non-hydrogen) atoms. The van der Waals surface area contributed by atoms with Crippen LogP contribution in [0.3, 0.4) is 0 Å². The summed E-state index contributed by atoms with van der Waals surface area (Å²) in [6, 6.07) is 9.86. The van der Waals surface area contributed by atoms with Crippen molar-refractivity contribution in [1.29, 1.82) is 0 Å². The molecule has 9 nitrogen and oxygen atoms in total. The lowest BCUT2D eigenvalue weighted by atomic mass is 9.95. The Morgan fingerprint density at radius 2 is 1.66 bits per heavy atom. The molecule has 3 rings (SSSR count). The molecule has 2 aromatic rings. The molecule has 0 saturated heterocycles. The van der Waals surface area contributed by atoms with E-state index in [-0.39, 0.29) is 21.9 Å². The Morgan fingerprint density at radius 1 is 1.00 bits per heavy atom. The van der Waals surface area contributed by atoms with Gasteiger partial charge < -0.3 is 24.8 Å². The van der Waals surface area contributed by atoms with E-state index in [2.05, 4.69) is 10.6 Å². The highest BCUT2D eigenvalue weighted by Gasteiger charge is 2.35. The highest BCUT2D eigenvalue weighted by atomic mass is 32.2. The zero-order valence-corrected chi connectivity index (χ0v) is 18.9. The SMILES string of the molecule is COC(=O)C1=C(CS(=O)(=O)c2ccc(OC)c(OC)c2)NC(=O)N[C@H]1c1ccc(C)cc1. The van der Waals surface area contributed by atoms with Crippen molar-refractivity contribution in [2.24, 2.45) is 0 Å². The maximum absolute atomic E-state index is 13.2. The van der Waals surface area contributed by atoms with Gasteiger partial charge in [0.15, 0.2) is 21.3 Å². The molecule has 1 aliphatic rings. The van der Waals surface area contributed by atoms with Gasteiger partial charge in [-0.2, -0.15) is 0 Å². The zero-order chi connectivity index (χ0) is 23.5. The van der Waals surface area contributed by atoms with Crippen LogP contribution in [-0.4, -0.2) is 47.5 Å². The topological polar surface area (TPSA) is 120 Å². The van der Waals surface area contributed by atoms with Gasteiger partial charge >= 0.3 is 12.0 Å². The van der Waals surface area contributed by atoms with E-state index in [0.717, 1.165) is 5.56 Å². The number of hydrogen-bond donors (Lipinski definition) is 2. The standard InChI is InChI=1S/C22H24N2O7S/c1-13-5-7-14(8-6-13)20-19(21(25)31-4)16(23-22(26)24-20)12-32(27,28)15-9-10-17(29-2)18(11-15)30-3/h5-11,20H,12H2,1-4H3,(H2,23,24,26)/t20-/m0/s1. The van der Waals surface area contributed by atoms with Gasteiger partial charge in [0.05, 0.1) is 43.6 Å². The predicted molar refractivity (Wildman–Crippen MR) is 116 cm³/mol. The van der Waals surface area contributed by atoms with Crippen LogP contribution in [0.1, 0.15) is 17.2 Å². The summed E-state index contributed by atoms with van der Waals surface area (Å²) in [7, 11) is 0.0552. The van der Waals surface area contributed by atoms with Crippen molar-refractivity contribution in [3.63, 3.8) is 0 Å². The molecule has 0 spiro atoms. The summed E-state index contributed by atoms with van der Waals surface area (Å²) in [5.41, 5.74) is 1.57. The molecule has 1 aliphatic heterocycles. The number of carbonyl (C=O) groups is 2. The third-order valence-corrected chi connectivity index (χ3v) is 6.66. The van der Waals surface area contributed by atoms with Gasteiger partial charge in [0.25, 0.3) is 0 Å². The second-order valence-corrected chi connectivity index (χ2v) is 9.09. The number of sulfone groups is 1. The van der Waals surface area contributed by atoms with Crippen LogP contribution in [-0.2, 0) is 19.4 Å². The van der Waals surface area contributed by atoms with E-state index in [0.29, 0.717) is 11.3 Å². The lowest BCUT2D eigenvalue weighted by molar-refractivity contribution is -0.136. The highest BCUT2D eigenvalue weighted by Crippen LogP contribution is 2.32. The summed E-state index contributed by atoms with van der Waals surface area (Å²) in [4.78, 5) is 24.9. The second-order valence-electron chi connectivity index (χ2n) is 7.10. The molecule has 1 atom stereocenters. The van der Waals surface area contributed by atoms with Gasteiger partial charge in [-0.1, -0.05) is 29.8 Å². The van der Waals surface area contributed by atoms with E-state index < -0.39 is 33.6 Å². The quantitative estimate of drug-likeness (QED) is 0.608.